The summed E-state index contributed by atoms with van der Waals surface area (Å²) in [6, 6.07) is 1.75. The van der Waals surface area contributed by atoms with Crippen molar-refractivity contribution in [3.63, 3.8) is 0 Å². The van der Waals surface area contributed by atoms with Gasteiger partial charge in [0.15, 0.2) is 0 Å². The van der Waals surface area contributed by atoms with E-state index >= 15 is 0 Å². The number of aryl methyl sites for hydroxylation is 1. The second-order valence-electron chi connectivity index (χ2n) is 2.47. The lowest BCUT2D eigenvalue weighted by molar-refractivity contribution is 0.607. The third-order valence-electron chi connectivity index (χ3n) is 1.61. The number of thiol groups is 1. The molecular formula is C8H8FIS. The summed E-state index contributed by atoms with van der Waals surface area (Å²) in [6.07, 6.45) is 0. The van der Waals surface area contributed by atoms with Crippen LogP contribution in [0.4, 0.5) is 4.39 Å². The Hall–Kier alpha value is 0.230. The molecule has 3 heteroatoms. The molecule has 0 radical (unpaired) electrons. The summed E-state index contributed by atoms with van der Waals surface area (Å²) >= 11 is 6.21. The Bertz CT molecular complexity index is 270. The topological polar surface area (TPSA) is 0 Å². The van der Waals surface area contributed by atoms with E-state index in [1.54, 1.807) is 13.0 Å². The van der Waals surface area contributed by atoms with Gasteiger partial charge in [-0.1, -0.05) is 0 Å². The highest BCUT2D eigenvalue weighted by Gasteiger charge is 2.07. The fourth-order valence-electron chi connectivity index (χ4n) is 0.827. The van der Waals surface area contributed by atoms with Gasteiger partial charge >= 0.3 is 0 Å². The van der Waals surface area contributed by atoms with Crippen LogP contribution in [0.25, 0.3) is 0 Å². The Labute approximate surface area is 84.7 Å². The average molecular weight is 282 g/mol. The summed E-state index contributed by atoms with van der Waals surface area (Å²) in [6.45, 7) is 3.61. The zero-order chi connectivity index (χ0) is 8.59. The first-order valence-corrected chi connectivity index (χ1v) is 4.70. The van der Waals surface area contributed by atoms with Gasteiger partial charge in [-0.15, -0.1) is 12.6 Å². The molecule has 0 heterocycles. The van der Waals surface area contributed by atoms with Crippen molar-refractivity contribution in [3.8, 4) is 0 Å². The molecule has 1 aromatic carbocycles. The van der Waals surface area contributed by atoms with Gasteiger partial charge in [0.2, 0.25) is 0 Å². The smallest absolute Gasteiger partial charge is 0.139 e. The van der Waals surface area contributed by atoms with Crippen molar-refractivity contribution in [1.82, 2.24) is 0 Å². The van der Waals surface area contributed by atoms with Crippen LogP contribution >= 0.6 is 35.2 Å². The Morgan fingerprint density at radius 3 is 2.55 bits per heavy atom. The third kappa shape index (κ3) is 1.69. The molecule has 1 rings (SSSR count). The number of hydrogen-bond acceptors (Lipinski definition) is 1. The molecule has 0 N–H and O–H groups in total. The van der Waals surface area contributed by atoms with E-state index in [9.17, 15) is 4.39 Å². The molecule has 0 saturated heterocycles. The van der Waals surface area contributed by atoms with Crippen molar-refractivity contribution in [2.45, 2.75) is 18.7 Å². The minimum absolute atomic E-state index is 0.124. The first kappa shape index (κ1) is 9.32. The zero-order valence-corrected chi connectivity index (χ0v) is 9.33. The fraction of sp³-hybridized carbons (Fsp3) is 0.250. The van der Waals surface area contributed by atoms with Crippen LogP contribution in [-0.4, -0.2) is 0 Å². The highest BCUT2D eigenvalue weighted by molar-refractivity contribution is 14.1. The summed E-state index contributed by atoms with van der Waals surface area (Å²) in [4.78, 5) is 0.855. The molecule has 0 aliphatic heterocycles. The Balaban J connectivity index is 3.46. The third-order valence-corrected chi connectivity index (χ3v) is 3.35. The Morgan fingerprint density at radius 2 is 2.00 bits per heavy atom. The number of hydrogen-bond donors (Lipinski definition) is 1. The van der Waals surface area contributed by atoms with Gasteiger partial charge in [-0.05, 0) is 53.6 Å². The molecule has 1 aromatic rings. The monoisotopic (exact) mass is 282 g/mol. The second kappa shape index (κ2) is 3.31. The van der Waals surface area contributed by atoms with Crippen LogP contribution in [0, 0.1) is 23.2 Å². The second-order valence-corrected chi connectivity index (χ2v) is 4.03. The SMILES string of the molecule is Cc1cc(S)c(C)c(I)c1F. The maximum atomic E-state index is 13.1. The molecule has 0 aliphatic carbocycles. The molecule has 0 aliphatic rings. The van der Waals surface area contributed by atoms with E-state index in [-0.39, 0.29) is 5.82 Å². The van der Waals surface area contributed by atoms with Crippen LogP contribution in [0.3, 0.4) is 0 Å². The van der Waals surface area contributed by atoms with Gasteiger partial charge in [0, 0.05) is 4.90 Å². The van der Waals surface area contributed by atoms with Gasteiger partial charge in [0.25, 0.3) is 0 Å². The van der Waals surface area contributed by atoms with E-state index in [2.05, 4.69) is 12.6 Å². The minimum Gasteiger partial charge on any atom is -0.206 e. The lowest BCUT2D eigenvalue weighted by Crippen LogP contribution is -1.92. The van der Waals surface area contributed by atoms with Crippen LogP contribution in [0.15, 0.2) is 11.0 Å². The molecule has 0 bridgehead atoms. The summed E-state index contributed by atoms with van der Waals surface area (Å²) in [5, 5.41) is 0. The first-order chi connectivity index (χ1) is 5.04. The predicted molar refractivity (Wildman–Crippen MR) is 55.8 cm³/mol. The summed E-state index contributed by atoms with van der Waals surface area (Å²) in [5.41, 5.74) is 1.57. The average Bonchev–Trinajstić information content (AvgIpc) is 1.97. The molecule has 0 nitrogen and oxygen atoms in total. The standard InChI is InChI=1S/C8H8FIS/c1-4-3-6(11)5(2)8(10)7(4)9/h3,11H,1-2H3. The van der Waals surface area contributed by atoms with Crippen LogP contribution < -0.4 is 0 Å². The summed E-state index contributed by atoms with van der Waals surface area (Å²) < 4.78 is 13.8. The van der Waals surface area contributed by atoms with Crippen LogP contribution in [0.2, 0.25) is 0 Å². The molecule has 0 unspecified atom stereocenters. The quantitative estimate of drug-likeness (QED) is 0.547. The van der Waals surface area contributed by atoms with E-state index in [4.69, 9.17) is 0 Å². The number of rotatable bonds is 0. The highest BCUT2D eigenvalue weighted by Crippen LogP contribution is 2.24. The van der Waals surface area contributed by atoms with Gasteiger partial charge in [-0.3, -0.25) is 0 Å². The van der Waals surface area contributed by atoms with Gasteiger partial charge in [0.1, 0.15) is 5.82 Å². The summed E-state index contributed by atoms with van der Waals surface area (Å²) in [7, 11) is 0. The highest BCUT2D eigenvalue weighted by atomic mass is 127. The van der Waals surface area contributed by atoms with Crippen LogP contribution in [0.5, 0.6) is 0 Å². The molecule has 0 spiro atoms. The molecular weight excluding hydrogens is 274 g/mol. The van der Waals surface area contributed by atoms with Crippen molar-refractivity contribution in [1.29, 1.82) is 0 Å². The zero-order valence-electron chi connectivity index (χ0n) is 6.28. The van der Waals surface area contributed by atoms with Crippen molar-refractivity contribution in [2.24, 2.45) is 0 Å². The van der Waals surface area contributed by atoms with Crippen LogP contribution in [-0.2, 0) is 0 Å². The van der Waals surface area contributed by atoms with Gasteiger partial charge < -0.3 is 0 Å². The van der Waals surface area contributed by atoms with Crippen molar-refractivity contribution in [2.75, 3.05) is 0 Å². The molecule has 0 amide bonds. The largest absolute Gasteiger partial charge is 0.206 e. The number of benzene rings is 1. The van der Waals surface area contributed by atoms with Gasteiger partial charge in [-0.25, -0.2) is 4.39 Å². The maximum absolute atomic E-state index is 13.1. The van der Waals surface area contributed by atoms with E-state index < -0.39 is 0 Å². The first-order valence-electron chi connectivity index (χ1n) is 3.18. The maximum Gasteiger partial charge on any atom is 0.139 e. The Morgan fingerprint density at radius 1 is 1.45 bits per heavy atom. The molecule has 0 fully saturated rings. The fourth-order valence-corrected chi connectivity index (χ4v) is 2.06. The van der Waals surface area contributed by atoms with Crippen molar-refractivity contribution < 1.29 is 4.39 Å². The predicted octanol–water partition coefficient (Wildman–Crippen LogP) is 3.34. The molecule has 0 aromatic heterocycles. The molecule has 0 atom stereocenters. The normalized spacial score (nSPS) is 10.3. The number of halogens is 2. The summed E-state index contributed by atoms with van der Waals surface area (Å²) in [5.74, 6) is -0.124. The van der Waals surface area contributed by atoms with E-state index in [1.807, 2.05) is 29.5 Å². The van der Waals surface area contributed by atoms with Gasteiger partial charge in [-0.2, -0.15) is 0 Å². The lowest BCUT2D eigenvalue weighted by Gasteiger charge is -2.05. The van der Waals surface area contributed by atoms with E-state index in [0.717, 1.165) is 10.5 Å². The minimum atomic E-state index is -0.124. The van der Waals surface area contributed by atoms with E-state index in [1.165, 1.54) is 0 Å². The van der Waals surface area contributed by atoms with Gasteiger partial charge in [0.05, 0.1) is 3.57 Å². The lowest BCUT2D eigenvalue weighted by atomic mass is 10.1. The van der Waals surface area contributed by atoms with Crippen molar-refractivity contribution >= 4 is 35.2 Å². The molecule has 0 saturated carbocycles. The Kier molecular flexibility index (Phi) is 2.80. The van der Waals surface area contributed by atoms with E-state index in [0.29, 0.717) is 9.13 Å². The molecule has 60 valence electrons. The van der Waals surface area contributed by atoms with Crippen LogP contribution in [0.1, 0.15) is 11.1 Å². The molecule has 11 heavy (non-hydrogen) atoms. The van der Waals surface area contributed by atoms with Crippen molar-refractivity contribution in [3.05, 3.63) is 26.6 Å².